The highest BCUT2D eigenvalue weighted by atomic mass is 32.2. The lowest BCUT2D eigenvalue weighted by molar-refractivity contribution is -0.115. The van der Waals surface area contributed by atoms with Crippen molar-refractivity contribution in [3.63, 3.8) is 0 Å². The first-order chi connectivity index (χ1) is 6.50. The lowest BCUT2D eigenvalue weighted by Gasteiger charge is -1.93. The van der Waals surface area contributed by atoms with Crippen molar-refractivity contribution in [1.82, 2.24) is 0 Å². The SMILES string of the molecule is NC(=O)CS(=O)c1ccc(C(=O)O)o1. The van der Waals surface area contributed by atoms with Gasteiger partial charge in [0.15, 0.2) is 5.09 Å². The molecular weight excluding hydrogens is 210 g/mol. The minimum absolute atomic E-state index is 0.0683. The van der Waals surface area contributed by atoms with Crippen LogP contribution in [0.25, 0.3) is 0 Å². The van der Waals surface area contributed by atoms with E-state index in [4.69, 9.17) is 15.3 Å². The molecule has 0 radical (unpaired) electrons. The number of carboxylic acid groups (broad SMARTS) is 1. The number of hydrogen-bond acceptors (Lipinski definition) is 4. The number of nitrogens with two attached hydrogens (primary N) is 1. The second kappa shape index (κ2) is 4.05. The van der Waals surface area contributed by atoms with Gasteiger partial charge in [0.25, 0.3) is 0 Å². The molecule has 0 aliphatic carbocycles. The fraction of sp³-hybridized carbons (Fsp3) is 0.143. The number of amides is 1. The molecule has 14 heavy (non-hydrogen) atoms. The van der Waals surface area contributed by atoms with Crippen LogP contribution in [0.1, 0.15) is 10.6 Å². The maximum Gasteiger partial charge on any atom is 0.371 e. The largest absolute Gasteiger partial charge is 0.475 e. The average Bonchev–Trinajstić information content (AvgIpc) is 2.50. The van der Waals surface area contributed by atoms with E-state index in [1.807, 2.05) is 0 Å². The van der Waals surface area contributed by atoms with Crippen LogP contribution in [0.3, 0.4) is 0 Å². The number of carbonyl (C=O) groups is 2. The predicted molar refractivity (Wildman–Crippen MR) is 46.1 cm³/mol. The maximum atomic E-state index is 11.2. The van der Waals surface area contributed by atoms with Crippen LogP contribution in [0.2, 0.25) is 0 Å². The Bertz CT molecular complexity index is 397. The summed E-state index contributed by atoms with van der Waals surface area (Å²) >= 11 is 0. The Morgan fingerprint density at radius 2 is 2.14 bits per heavy atom. The lowest BCUT2D eigenvalue weighted by atomic mass is 10.5. The standard InChI is InChI=1S/C7H7NO5S/c8-5(9)3-14(12)6-2-1-4(13-6)7(10)11/h1-2H,3H2,(H2,8,9)(H,10,11). The van der Waals surface area contributed by atoms with Crippen LogP contribution in [-0.2, 0) is 15.6 Å². The second-order valence-corrected chi connectivity index (χ2v) is 3.76. The molecule has 1 unspecified atom stereocenters. The minimum atomic E-state index is -1.71. The van der Waals surface area contributed by atoms with E-state index in [2.05, 4.69) is 0 Å². The third-order valence-corrected chi connectivity index (χ3v) is 2.50. The molecule has 0 spiro atoms. The van der Waals surface area contributed by atoms with E-state index >= 15 is 0 Å². The molecule has 1 aromatic heterocycles. The first kappa shape index (κ1) is 10.5. The zero-order valence-electron chi connectivity index (χ0n) is 6.93. The molecule has 1 atom stereocenters. The van der Waals surface area contributed by atoms with Crippen molar-refractivity contribution >= 4 is 22.7 Å². The lowest BCUT2D eigenvalue weighted by Crippen LogP contribution is -2.19. The smallest absolute Gasteiger partial charge is 0.371 e. The van der Waals surface area contributed by atoms with Gasteiger partial charge in [0.1, 0.15) is 5.75 Å². The van der Waals surface area contributed by atoms with E-state index in [9.17, 15) is 13.8 Å². The van der Waals surface area contributed by atoms with Crippen LogP contribution >= 0.6 is 0 Å². The van der Waals surface area contributed by atoms with Crippen molar-refractivity contribution in [2.45, 2.75) is 5.09 Å². The summed E-state index contributed by atoms with van der Waals surface area (Å²) in [6, 6.07) is 2.40. The molecule has 3 N–H and O–H groups in total. The first-order valence-electron chi connectivity index (χ1n) is 3.50. The summed E-state index contributed by atoms with van der Waals surface area (Å²) in [4.78, 5) is 20.8. The molecule has 1 amide bonds. The summed E-state index contributed by atoms with van der Waals surface area (Å²) in [5.74, 6) is -2.70. The Kier molecular flexibility index (Phi) is 3.03. The van der Waals surface area contributed by atoms with Crippen molar-refractivity contribution in [3.8, 4) is 0 Å². The molecule has 0 saturated carbocycles. The van der Waals surface area contributed by atoms with E-state index in [1.165, 1.54) is 6.07 Å². The molecule has 7 heteroatoms. The third kappa shape index (κ3) is 2.43. The quantitative estimate of drug-likeness (QED) is 0.710. The Morgan fingerprint density at radius 1 is 1.50 bits per heavy atom. The van der Waals surface area contributed by atoms with Crippen molar-refractivity contribution < 1.29 is 23.3 Å². The minimum Gasteiger partial charge on any atom is -0.475 e. The van der Waals surface area contributed by atoms with E-state index in [0.29, 0.717) is 0 Å². The Morgan fingerprint density at radius 3 is 2.57 bits per heavy atom. The molecule has 1 heterocycles. The highest BCUT2D eigenvalue weighted by Gasteiger charge is 2.14. The van der Waals surface area contributed by atoms with Crippen molar-refractivity contribution in [3.05, 3.63) is 17.9 Å². The van der Waals surface area contributed by atoms with Crippen LogP contribution in [0.5, 0.6) is 0 Å². The van der Waals surface area contributed by atoms with Gasteiger partial charge < -0.3 is 15.3 Å². The number of hydrogen-bond donors (Lipinski definition) is 2. The fourth-order valence-electron chi connectivity index (χ4n) is 0.758. The molecule has 0 saturated heterocycles. The highest BCUT2D eigenvalue weighted by Crippen LogP contribution is 2.11. The molecule has 0 aliphatic heterocycles. The van der Waals surface area contributed by atoms with Gasteiger partial charge in [-0.05, 0) is 12.1 Å². The van der Waals surface area contributed by atoms with Gasteiger partial charge in [0.2, 0.25) is 11.7 Å². The Balaban J connectivity index is 2.81. The van der Waals surface area contributed by atoms with Gasteiger partial charge in [-0.25, -0.2) is 4.79 Å². The van der Waals surface area contributed by atoms with Crippen LogP contribution in [0.4, 0.5) is 0 Å². The van der Waals surface area contributed by atoms with Gasteiger partial charge >= 0.3 is 5.97 Å². The average molecular weight is 217 g/mol. The molecule has 1 rings (SSSR count). The van der Waals surface area contributed by atoms with E-state index in [1.54, 1.807) is 0 Å². The number of aromatic carboxylic acids is 1. The molecular formula is C7H7NO5S. The molecule has 0 fully saturated rings. The monoisotopic (exact) mass is 217 g/mol. The summed E-state index contributed by atoms with van der Waals surface area (Å²) in [5, 5.41) is 8.41. The first-order valence-corrected chi connectivity index (χ1v) is 4.82. The van der Waals surface area contributed by atoms with Gasteiger partial charge in [0.05, 0.1) is 10.8 Å². The number of carboxylic acids is 1. The number of rotatable bonds is 4. The van der Waals surface area contributed by atoms with Gasteiger partial charge in [-0.2, -0.15) is 0 Å². The highest BCUT2D eigenvalue weighted by molar-refractivity contribution is 7.85. The van der Waals surface area contributed by atoms with Gasteiger partial charge in [-0.1, -0.05) is 0 Å². The van der Waals surface area contributed by atoms with E-state index < -0.39 is 22.7 Å². The summed E-state index contributed by atoms with van der Waals surface area (Å²) in [5.41, 5.74) is 4.81. The normalized spacial score (nSPS) is 12.3. The van der Waals surface area contributed by atoms with E-state index in [-0.39, 0.29) is 16.6 Å². The fourth-order valence-corrected chi connectivity index (χ4v) is 1.56. The topological polar surface area (TPSA) is 111 Å². The van der Waals surface area contributed by atoms with Gasteiger partial charge in [-0.3, -0.25) is 9.00 Å². The van der Waals surface area contributed by atoms with Crippen LogP contribution in [-0.4, -0.2) is 26.9 Å². The van der Waals surface area contributed by atoms with Gasteiger partial charge in [-0.15, -0.1) is 0 Å². The van der Waals surface area contributed by atoms with Crippen molar-refractivity contribution in [1.29, 1.82) is 0 Å². The number of furan rings is 1. The number of carbonyl (C=O) groups excluding carboxylic acids is 1. The van der Waals surface area contributed by atoms with Crippen LogP contribution in [0.15, 0.2) is 21.6 Å². The van der Waals surface area contributed by atoms with Crippen molar-refractivity contribution in [2.24, 2.45) is 5.73 Å². The number of primary amides is 1. The molecule has 6 nitrogen and oxygen atoms in total. The molecule has 76 valence electrons. The summed E-state index contributed by atoms with van der Waals surface area (Å²) in [7, 11) is -1.71. The summed E-state index contributed by atoms with van der Waals surface area (Å²) in [6.45, 7) is 0. The molecule has 0 bridgehead atoms. The maximum absolute atomic E-state index is 11.2. The van der Waals surface area contributed by atoms with Crippen LogP contribution in [0, 0.1) is 0 Å². The van der Waals surface area contributed by atoms with Crippen molar-refractivity contribution in [2.75, 3.05) is 5.75 Å². The summed E-state index contributed by atoms with van der Waals surface area (Å²) < 4.78 is 15.9. The Hall–Kier alpha value is -1.63. The second-order valence-electron chi connectivity index (χ2n) is 2.38. The zero-order chi connectivity index (χ0) is 10.7. The predicted octanol–water partition coefficient (Wildman–Crippen LogP) is -0.429. The summed E-state index contributed by atoms with van der Waals surface area (Å²) in [6.07, 6.45) is 0. The third-order valence-electron chi connectivity index (χ3n) is 1.29. The Labute approximate surface area is 81.2 Å². The molecule has 0 aromatic carbocycles. The van der Waals surface area contributed by atoms with E-state index in [0.717, 1.165) is 6.07 Å². The zero-order valence-corrected chi connectivity index (χ0v) is 7.74. The molecule has 1 aromatic rings. The van der Waals surface area contributed by atoms with Crippen LogP contribution < -0.4 is 5.73 Å². The molecule has 0 aliphatic rings. The van der Waals surface area contributed by atoms with Gasteiger partial charge in [0, 0.05) is 0 Å².